The number of carbonyl (C=O) groups is 2. The minimum atomic E-state index is -1.20. The van der Waals surface area contributed by atoms with E-state index >= 15 is 0 Å². The number of halogens is 3. The largest absolute Gasteiger partial charge is 0.480 e. The third kappa shape index (κ3) is 3.45. The van der Waals surface area contributed by atoms with Crippen molar-refractivity contribution in [3.8, 4) is 0 Å². The molecule has 3 N–H and O–H groups in total. The van der Waals surface area contributed by atoms with Crippen LogP contribution in [0.15, 0.2) is 16.6 Å². The number of benzene rings is 1. The van der Waals surface area contributed by atoms with Crippen molar-refractivity contribution in [3.05, 3.63) is 27.4 Å². The second-order valence-electron chi connectivity index (χ2n) is 4.57. The van der Waals surface area contributed by atoms with Crippen LogP contribution in [0.25, 0.3) is 0 Å². The van der Waals surface area contributed by atoms with Crippen LogP contribution < -0.4 is 5.32 Å². The molecule has 1 heterocycles. The molecule has 0 saturated carbocycles. The molecule has 1 aliphatic rings. The maximum atomic E-state index is 13.1. The summed E-state index contributed by atoms with van der Waals surface area (Å²) in [6.45, 7) is -0.0980. The molecule has 0 bridgehead atoms. The lowest BCUT2D eigenvalue weighted by atomic mass is 10.2. The number of rotatable bonds is 2. The number of β-amino-alcohol motifs (C(OH)–C–C–N with tert-alkyl or cyclic N) is 1. The first kappa shape index (κ1) is 16.0. The van der Waals surface area contributed by atoms with Gasteiger partial charge in [-0.15, -0.1) is 0 Å². The van der Waals surface area contributed by atoms with Gasteiger partial charge in [0.2, 0.25) is 0 Å². The standard InChI is InChI=1S/C12H11BrClFN2O4/c13-7-1-5(15)2-8(14)10(7)16-12(21)17-4-6(18)3-9(17)11(19)20/h1-2,6,9,18H,3-4H2,(H,16,21)(H,19,20)/t6-,9+/m1/s1. The van der Waals surface area contributed by atoms with Gasteiger partial charge < -0.3 is 20.4 Å². The fourth-order valence-corrected chi connectivity index (χ4v) is 3.01. The van der Waals surface area contributed by atoms with Crippen LogP contribution in [0.1, 0.15) is 6.42 Å². The van der Waals surface area contributed by atoms with E-state index < -0.39 is 30.0 Å². The molecule has 2 rings (SSSR count). The molecular formula is C12H11BrClFN2O4. The Labute approximate surface area is 132 Å². The fourth-order valence-electron chi connectivity index (χ4n) is 2.11. The normalized spacial score (nSPS) is 21.4. The van der Waals surface area contributed by atoms with E-state index in [1.54, 1.807) is 0 Å². The number of likely N-dealkylation sites (tertiary alicyclic amines) is 1. The molecule has 0 unspecified atom stereocenters. The Hall–Kier alpha value is -1.38. The molecule has 1 saturated heterocycles. The van der Waals surface area contributed by atoms with E-state index in [1.807, 2.05) is 0 Å². The van der Waals surface area contributed by atoms with Crippen molar-refractivity contribution in [3.63, 3.8) is 0 Å². The lowest BCUT2D eigenvalue weighted by molar-refractivity contribution is -0.141. The summed E-state index contributed by atoms with van der Waals surface area (Å²) < 4.78 is 13.3. The maximum Gasteiger partial charge on any atom is 0.326 e. The molecule has 1 aromatic rings. The highest BCUT2D eigenvalue weighted by molar-refractivity contribution is 9.10. The Morgan fingerprint density at radius 3 is 2.71 bits per heavy atom. The summed E-state index contributed by atoms with van der Waals surface area (Å²) >= 11 is 8.91. The highest BCUT2D eigenvalue weighted by Gasteiger charge is 2.39. The SMILES string of the molecule is O=C(O)[C@@H]1C[C@@H](O)CN1C(=O)Nc1c(Cl)cc(F)cc1Br. The summed E-state index contributed by atoms with van der Waals surface area (Å²) in [6.07, 6.45) is -0.940. The number of carboxylic acid groups (broad SMARTS) is 1. The van der Waals surface area contributed by atoms with Crippen molar-refractivity contribution in [2.24, 2.45) is 0 Å². The predicted octanol–water partition coefficient (Wildman–Crippen LogP) is 2.29. The highest BCUT2D eigenvalue weighted by atomic mass is 79.9. The van der Waals surface area contributed by atoms with Gasteiger partial charge in [0.05, 0.1) is 16.8 Å². The quantitative estimate of drug-likeness (QED) is 0.733. The van der Waals surface area contributed by atoms with Gasteiger partial charge in [-0.1, -0.05) is 11.6 Å². The second kappa shape index (κ2) is 6.17. The lowest BCUT2D eigenvalue weighted by Crippen LogP contribution is -2.43. The summed E-state index contributed by atoms with van der Waals surface area (Å²) in [4.78, 5) is 24.2. The first-order valence-corrected chi connectivity index (χ1v) is 7.09. The van der Waals surface area contributed by atoms with Gasteiger partial charge >= 0.3 is 12.0 Å². The molecule has 0 spiro atoms. The van der Waals surface area contributed by atoms with E-state index in [4.69, 9.17) is 16.7 Å². The summed E-state index contributed by atoms with van der Waals surface area (Å²) in [5, 5.41) is 20.9. The van der Waals surface area contributed by atoms with Gasteiger partial charge in [0.25, 0.3) is 0 Å². The smallest absolute Gasteiger partial charge is 0.326 e. The number of aliphatic hydroxyl groups excluding tert-OH is 1. The Morgan fingerprint density at radius 1 is 1.48 bits per heavy atom. The average Bonchev–Trinajstić information content (AvgIpc) is 2.76. The van der Waals surface area contributed by atoms with Crippen LogP contribution >= 0.6 is 27.5 Å². The van der Waals surface area contributed by atoms with E-state index in [9.17, 15) is 19.1 Å². The Kier molecular flexibility index (Phi) is 4.70. The first-order chi connectivity index (χ1) is 9.79. The number of anilines is 1. The summed E-state index contributed by atoms with van der Waals surface area (Å²) in [6, 6.07) is 0.302. The van der Waals surface area contributed by atoms with Gasteiger partial charge in [0.1, 0.15) is 11.9 Å². The zero-order chi connectivity index (χ0) is 15.7. The van der Waals surface area contributed by atoms with E-state index in [1.165, 1.54) is 0 Å². The summed E-state index contributed by atoms with van der Waals surface area (Å²) in [5.41, 5.74) is 0.133. The first-order valence-electron chi connectivity index (χ1n) is 5.92. The molecule has 6 nitrogen and oxygen atoms in total. The molecule has 0 aromatic heterocycles. The van der Waals surface area contributed by atoms with E-state index in [0.29, 0.717) is 0 Å². The third-order valence-electron chi connectivity index (χ3n) is 3.06. The molecule has 114 valence electrons. The van der Waals surface area contributed by atoms with E-state index in [0.717, 1.165) is 17.0 Å². The van der Waals surface area contributed by atoms with Crippen molar-refractivity contribution in [2.45, 2.75) is 18.6 Å². The molecule has 1 aromatic carbocycles. The van der Waals surface area contributed by atoms with Crippen molar-refractivity contribution in [2.75, 3.05) is 11.9 Å². The molecule has 1 fully saturated rings. The maximum absolute atomic E-state index is 13.1. The number of hydrogen-bond donors (Lipinski definition) is 3. The lowest BCUT2D eigenvalue weighted by Gasteiger charge is -2.22. The van der Waals surface area contributed by atoms with E-state index in [-0.39, 0.29) is 28.1 Å². The molecule has 2 amide bonds. The molecule has 9 heteroatoms. The molecule has 2 atom stereocenters. The number of amides is 2. The average molecular weight is 382 g/mol. The number of aliphatic carboxylic acids is 1. The van der Waals surface area contributed by atoms with Crippen LogP contribution in [0.3, 0.4) is 0 Å². The molecular weight excluding hydrogens is 370 g/mol. The van der Waals surface area contributed by atoms with Crippen molar-refractivity contribution in [1.82, 2.24) is 4.90 Å². The van der Waals surface area contributed by atoms with Crippen LogP contribution in [-0.2, 0) is 4.79 Å². The third-order valence-corrected chi connectivity index (χ3v) is 3.99. The van der Waals surface area contributed by atoms with Crippen LogP contribution in [0, 0.1) is 5.82 Å². The molecule has 1 aliphatic heterocycles. The summed E-state index contributed by atoms with van der Waals surface area (Å²) in [7, 11) is 0. The zero-order valence-electron chi connectivity index (χ0n) is 10.5. The van der Waals surface area contributed by atoms with Gasteiger partial charge in [-0.3, -0.25) is 0 Å². The number of nitrogens with zero attached hydrogens (tertiary/aromatic N) is 1. The Morgan fingerprint density at radius 2 is 2.14 bits per heavy atom. The van der Waals surface area contributed by atoms with Gasteiger partial charge in [0, 0.05) is 17.4 Å². The predicted molar refractivity (Wildman–Crippen MR) is 76.9 cm³/mol. The number of nitrogens with one attached hydrogen (secondary N) is 1. The topological polar surface area (TPSA) is 89.9 Å². The minimum absolute atomic E-state index is 0.0261. The molecule has 0 radical (unpaired) electrons. The van der Waals surface area contributed by atoms with E-state index in [2.05, 4.69) is 21.2 Å². The Balaban J connectivity index is 2.20. The van der Waals surface area contributed by atoms with Gasteiger partial charge in [-0.2, -0.15) is 0 Å². The van der Waals surface area contributed by atoms with Gasteiger partial charge in [-0.25, -0.2) is 14.0 Å². The van der Waals surface area contributed by atoms with Crippen LogP contribution in [-0.4, -0.2) is 45.8 Å². The van der Waals surface area contributed by atoms with Gasteiger partial charge in [0.15, 0.2) is 0 Å². The summed E-state index contributed by atoms with van der Waals surface area (Å²) in [5.74, 6) is -1.78. The van der Waals surface area contributed by atoms with Crippen molar-refractivity contribution in [1.29, 1.82) is 0 Å². The highest BCUT2D eigenvalue weighted by Crippen LogP contribution is 2.32. The van der Waals surface area contributed by atoms with Crippen molar-refractivity contribution < 1.29 is 24.2 Å². The van der Waals surface area contributed by atoms with Crippen LogP contribution in [0.2, 0.25) is 5.02 Å². The monoisotopic (exact) mass is 380 g/mol. The second-order valence-corrected chi connectivity index (χ2v) is 5.83. The number of hydrogen-bond acceptors (Lipinski definition) is 3. The number of carbonyl (C=O) groups excluding carboxylic acids is 1. The van der Waals surface area contributed by atoms with Gasteiger partial charge in [-0.05, 0) is 28.1 Å². The zero-order valence-corrected chi connectivity index (χ0v) is 12.9. The van der Waals surface area contributed by atoms with Crippen LogP contribution in [0.5, 0.6) is 0 Å². The number of aliphatic hydroxyl groups is 1. The minimum Gasteiger partial charge on any atom is -0.480 e. The fraction of sp³-hybridized carbons (Fsp3) is 0.333. The Bertz CT molecular complexity index is 578. The number of urea groups is 1. The van der Waals surface area contributed by atoms with Crippen LogP contribution in [0.4, 0.5) is 14.9 Å². The molecule has 21 heavy (non-hydrogen) atoms. The number of carboxylic acids is 1. The van der Waals surface area contributed by atoms with Crippen molar-refractivity contribution >= 4 is 45.2 Å². The molecule has 0 aliphatic carbocycles.